The van der Waals surface area contributed by atoms with Crippen molar-refractivity contribution in [2.45, 2.75) is 12.8 Å². The van der Waals surface area contributed by atoms with Crippen LogP contribution >= 0.6 is 0 Å². The standard InChI is InChI=1S/C17H21N3O/c1-20(12-15-8-10-21-13-15)17-7-9-18-16(19-17)11-14-5-3-2-4-6-14/h2-7,9,15H,8,10-13H2,1H3/t15-/m0/s1. The Kier molecular flexibility index (Phi) is 4.46. The lowest BCUT2D eigenvalue weighted by molar-refractivity contribution is 0.186. The van der Waals surface area contributed by atoms with Crippen LogP contribution in [-0.2, 0) is 11.2 Å². The molecule has 1 aromatic carbocycles. The number of anilines is 1. The maximum Gasteiger partial charge on any atom is 0.135 e. The molecule has 0 N–H and O–H groups in total. The molecule has 0 spiro atoms. The van der Waals surface area contributed by atoms with Crippen LogP contribution in [-0.4, -0.2) is 36.8 Å². The summed E-state index contributed by atoms with van der Waals surface area (Å²) in [5.74, 6) is 2.47. The number of ether oxygens (including phenoxy) is 1. The summed E-state index contributed by atoms with van der Waals surface area (Å²) in [5, 5.41) is 0. The zero-order valence-electron chi connectivity index (χ0n) is 12.4. The van der Waals surface area contributed by atoms with E-state index in [1.165, 1.54) is 5.56 Å². The molecule has 0 unspecified atom stereocenters. The van der Waals surface area contributed by atoms with E-state index in [0.29, 0.717) is 5.92 Å². The summed E-state index contributed by atoms with van der Waals surface area (Å²) in [5.41, 5.74) is 1.24. The minimum Gasteiger partial charge on any atom is -0.381 e. The molecule has 1 aliphatic rings. The van der Waals surface area contributed by atoms with Gasteiger partial charge in [-0.3, -0.25) is 0 Å². The van der Waals surface area contributed by atoms with Gasteiger partial charge in [0.1, 0.15) is 11.6 Å². The summed E-state index contributed by atoms with van der Waals surface area (Å²) in [6, 6.07) is 12.3. The second kappa shape index (κ2) is 6.68. The van der Waals surface area contributed by atoms with E-state index in [1.54, 1.807) is 0 Å². The normalized spacial score (nSPS) is 17.9. The van der Waals surface area contributed by atoms with E-state index in [9.17, 15) is 0 Å². The van der Waals surface area contributed by atoms with Gasteiger partial charge < -0.3 is 9.64 Å². The highest BCUT2D eigenvalue weighted by molar-refractivity contribution is 5.37. The summed E-state index contributed by atoms with van der Waals surface area (Å²) < 4.78 is 5.44. The molecule has 2 heterocycles. The third-order valence-electron chi connectivity index (χ3n) is 3.84. The first-order valence-corrected chi connectivity index (χ1v) is 7.46. The first-order chi connectivity index (χ1) is 10.3. The second-order valence-electron chi connectivity index (χ2n) is 5.60. The van der Waals surface area contributed by atoms with Crippen molar-refractivity contribution in [3.63, 3.8) is 0 Å². The molecule has 21 heavy (non-hydrogen) atoms. The van der Waals surface area contributed by atoms with Crippen LogP contribution in [0.3, 0.4) is 0 Å². The van der Waals surface area contributed by atoms with Crippen LogP contribution in [0.25, 0.3) is 0 Å². The van der Waals surface area contributed by atoms with Gasteiger partial charge in [-0.1, -0.05) is 30.3 Å². The van der Waals surface area contributed by atoms with Crippen LogP contribution in [0.4, 0.5) is 5.82 Å². The highest BCUT2D eigenvalue weighted by atomic mass is 16.5. The van der Waals surface area contributed by atoms with Gasteiger partial charge in [-0.2, -0.15) is 0 Å². The van der Waals surface area contributed by atoms with Crippen molar-refractivity contribution >= 4 is 5.82 Å². The number of hydrogen-bond acceptors (Lipinski definition) is 4. The van der Waals surface area contributed by atoms with Crippen molar-refractivity contribution < 1.29 is 4.74 Å². The van der Waals surface area contributed by atoms with Gasteiger partial charge in [-0.15, -0.1) is 0 Å². The van der Waals surface area contributed by atoms with Gasteiger partial charge in [0.15, 0.2) is 0 Å². The SMILES string of the molecule is CN(C[C@@H]1CCOC1)c1ccnc(Cc2ccccc2)n1. The Labute approximate surface area is 125 Å². The Hall–Kier alpha value is -1.94. The molecule has 1 aliphatic heterocycles. The quantitative estimate of drug-likeness (QED) is 0.845. The molecule has 0 amide bonds. The van der Waals surface area contributed by atoms with Gasteiger partial charge in [0.25, 0.3) is 0 Å². The molecule has 0 saturated carbocycles. The molecule has 4 nitrogen and oxygen atoms in total. The fourth-order valence-corrected chi connectivity index (χ4v) is 2.67. The maximum absolute atomic E-state index is 5.44. The predicted molar refractivity (Wildman–Crippen MR) is 83.5 cm³/mol. The number of nitrogens with zero attached hydrogens (tertiary/aromatic N) is 3. The van der Waals surface area contributed by atoms with E-state index >= 15 is 0 Å². The fraction of sp³-hybridized carbons (Fsp3) is 0.412. The molecular formula is C17H21N3O. The molecular weight excluding hydrogens is 262 g/mol. The molecule has 2 aromatic rings. The van der Waals surface area contributed by atoms with E-state index in [0.717, 1.165) is 44.2 Å². The lowest BCUT2D eigenvalue weighted by atomic mass is 10.1. The van der Waals surface area contributed by atoms with Crippen LogP contribution in [0.5, 0.6) is 0 Å². The number of hydrogen-bond donors (Lipinski definition) is 0. The Morgan fingerprint density at radius 2 is 2.10 bits per heavy atom. The largest absolute Gasteiger partial charge is 0.381 e. The van der Waals surface area contributed by atoms with E-state index in [2.05, 4.69) is 34.0 Å². The average Bonchev–Trinajstić information content (AvgIpc) is 3.01. The summed E-state index contributed by atoms with van der Waals surface area (Å²) in [4.78, 5) is 11.3. The maximum atomic E-state index is 5.44. The molecule has 4 heteroatoms. The first-order valence-electron chi connectivity index (χ1n) is 7.46. The third kappa shape index (κ3) is 3.79. The fourth-order valence-electron chi connectivity index (χ4n) is 2.67. The van der Waals surface area contributed by atoms with Gasteiger partial charge in [0, 0.05) is 38.7 Å². The Morgan fingerprint density at radius 3 is 2.86 bits per heavy atom. The zero-order chi connectivity index (χ0) is 14.5. The topological polar surface area (TPSA) is 38.2 Å². The molecule has 3 rings (SSSR count). The monoisotopic (exact) mass is 283 g/mol. The van der Waals surface area contributed by atoms with Gasteiger partial charge in [-0.25, -0.2) is 9.97 Å². The van der Waals surface area contributed by atoms with Gasteiger partial charge in [0.05, 0.1) is 6.61 Å². The number of benzene rings is 1. The zero-order valence-corrected chi connectivity index (χ0v) is 12.4. The lowest BCUT2D eigenvalue weighted by Gasteiger charge is -2.21. The summed E-state index contributed by atoms with van der Waals surface area (Å²) in [6.07, 6.45) is 3.77. The summed E-state index contributed by atoms with van der Waals surface area (Å²) >= 11 is 0. The Bertz CT molecular complexity index is 567. The highest BCUT2D eigenvalue weighted by Crippen LogP contribution is 2.17. The van der Waals surface area contributed by atoms with Crippen LogP contribution in [0.2, 0.25) is 0 Å². The minimum atomic E-state index is 0.613. The molecule has 0 bridgehead atoms. The number of aromatic nitrogens is 2. The van der Waals surface area contributed by atoms with Gasteiger partial charge in [-0.05, 0) is 18.1 Å². The minimum absolute atomic E-state index is 0.613. The van der Waals surface area contributed by atoms with Gasteiger partial charge >= 0.3 is 0 Å². The predicted octanol–water partition coefficient (Wildman–Crippen LogP) is 2.54. The van der Waals surface area contributed by atoms with E-state index in [1.807, 2.05) is 30.5 Å². The molecule has 1 saturated heterocycles. The highest BCUT2D eigenvalue weighted by Gasteiger charge is 2.18. The van der Waals surface area contributed by atoms with E-state index < -0.39 is 0 Å². The van der Waals surface area contributed by atoms with Gasteiger partial charge in [0.2, 0.25) is 0 Å². The summed E-state index contributed by atoms with van der Waals surface area (Å²) in [6.45, 7) is 2.75. The molecule has 1 aromatic heterocycles. The van der Waals surface area contributed by atoms with E-state index in [4.69, 9.17) is 4.74 Å². The molecule has 110 valence electrons. The molecule has 0 aliphatic carbocycles. The van der Waals surface area contributed by atoms with Crippen molar-refractivity contribution in [1.29, 1.82) is 0 Å². The number of rotatable bonds is 5. The second-order valence-corrected chi connectivity index (χ2v) is 5.60. The molecule has 1 fully saturated rings. The third-order valence-corrected chi connectivity index (χ3v) is 3.84. The van der Waals surface area contributed by atoms with Crippen LogP contribution in [0.1, 0.15) is 17.8 Å². The summed E-state index contributed by atoms with van der Waals surface area (Å²) in [7, 11) is 2.09. The van der Waals surface area contributed by atoms with Crippen LogP contribution in [0, 0.1) is 5.92 Å². The molecule has 1 atom stereocenters. The van der Waals surface area contributed by atoms with Crippen molar-refractivity contribution in [2.24, 2.45) is 5.92 Å². The molecule has 0 radical (unpaired) electrons. The average molecular weight is 283 g/mol. The van der Waals surface area contributed by atoms with Crippen molar-refractivity contribution in [3.05, 3.63) is 54.0 Å². The lowest BCUT2D eigenvalue weighted by Crippen LogP contribution is -2.26. The van der Waals surface area contributed by atoms with Crippen molar-refractivity contribution in [1.82, 2.24) is 9.97 Å². The Balaban J connectivity index is 1.67. The Morgan fingerprint density at radius 1 is 1.24 bits per heavy atom. The smallest absolute Gasteiger partial charge is 0.135 e. The van der Waals surface area contributed by atoms with Crippen molar-refractivity contribution in [2.75, 3.05) is 31.7 Å². The van der Waals surface area contributed by atoms with E-state index in [-0.39, 0.29) is 0 Å². The van der Waals surface area contributed by atoms with Crippen molar-refractivity contribution in [3.8, 4) is 0 Å². The van der Waals surface area contributed by atoms with Crippen LogP contribution < -0.4 is 4.90 Å². The van der Waals surface area contributed by atoms with Crippen LogP contribution in [0.15, 0.2) is 42.6 Å². The first kappa shape index (κ1) is 14.0.